The summed E-state index contributed by atoms with van der Waals surface area (Å²) in [6, 6.07) is 9.46. The number of nitrogens with zero attached hydrogens (tertiary/aromatic N) is 1. The Kier molecular flexibility index (Phi) is 6.94. The van der Waals surface area contributed by atoms with Gasteiger partial charge in [0.25, 0.3) is 5.91 Å². The number of sulfone groups is 1. The van der Waals surface area contributed by atoms with Gasteiger partial charge in [0.2, 0.25) is 9.84 Å². The maximum absolute atomic E-state index is 13.1. The maximum atomic E-state index is 13.1. The van der Waals surface area contributed by atoms with Crippen LogP contribution in [0.3, 0.4) is 0 Å². The van der Waals surface area contributed by atoms with Crippen LogP contribution in [0.4, 0.5) is 0 Å². The summed E-state index contributed by atoms with van der Waals surface area (Å²) in [5.41, 5.74) is 1.76. The minimum Gasteiger partial charge on any atom is -0.492 e. The second kappa shape index (κ2) is 9.25. The summed E-state index contributed by atoms with van der Waals surface area (Å²) in [6.07, 6.45) is 3.73. The average molecular weight is 439 g/mol. The van der Waals surface area contributed by atoms with Crippen LogP contribution in [0.5, 0.6) is 5.75 Å². The minimum absolute atomic E-state index is 0.0606. The number of hydrogen-bond acceptors (Lipinski definition) is 7. The van der Waals surface area contributed by atoms with Crippen LogP contribution >= 0.6 is 11.3 Å². The summed E-state index contributed by atoms with van der Waals surface area (Å²) >= 11 is 1.03. The van der Waals surface area contributed by atoms with E-state index in [4.69, 9.17) is 4.74 Å². The zero-order chi connectivity index (χ0) is 20.9. The summed E-state index contributed by atoms with van der Waals surface area (Å²) < 4.78 is 30.2. The van der Waals surface area contributed by atoms with E-state index < -0.39 is 20.5 Å². The van der Waals surface area contributed by atoms with E-state index in [-0.39, 0.29) is 9.77 Å². The van der Waals surface area contributed by atoms with Gasteiger partial charge in [-0.2, -0.15) is 0 Å². The third-order valence-corrected chi connectivity index (χ3v) is 9.13. The van der Waals surface area contributed by atoms with Crippen LogP contribution in [0.1, 0.15) is 31.7 Å². The molecule has 0 radical (unpaired) electrons. The van der Waals surface area contributed by atoms with Gasteiger partial charge < -0.3 is 4.74 Å². The van der Waals surface area contributed by atoms with Crippen molar-refractivity contribution in [3.8, 4) is 5.75 Å². The van der Waals surface area contributed by atoms with Gasteiger partial charge in [0.05, 0.1) is 0 Å². The minimum atomic E-state index is -4.07. The summed E-state index contributed by atoms with van der Waals surface area (Å²) in [7, 11) is -4.07. The highest BCUT2D eigenvalue weighted by atomic mass is 32.2. The lowest BCUT2D eigenvalue weighted by atomic mass is 9.99. The molecule has 1 aliphatic heterocycles. The molecule has 1 atom stereocenters. The number of piperidine rings is 1. The second-order valence-corrected chi connectivity index (χ2v) is 10.7. The zero-order valence-electron chi connectivity index (χ0n) is 16.3. The molecule has 1 fully saturated rings. The number of thiophene rings is 1. The van der Waals surface area contributed by atoms with Gasteiger partial charge in [-0.3, -0.25) is 14.9 Å². The predicted octanol–water partition coefficient (Wildman–Crippen LogP) is 2.81. The Morgan fingerprint density at radius 2 is 1.90 bits per heavy atom. The molecule has 1 unspecified atom stereocenters. The number of rotatable bonds is 8. The van der Waals surface area contributed by atoms with Gasteiger partial charge in [0.15, 0.2) is 4.75 Å². The summed E-state index contributed by atoms with van der Waals surface area (Å²) in [4.78, 5) is 14.8. The first-order chi connectivity index (χ1) is 13.9. The molecular formula is C20H26N2O5S2. The molecule has 0 bridgehead atoms. The van der Waals surface area contributed by atoms with Crippen molar-refractivity contribution in [2.45, 2.75) is 35.1 Å². The first-order valence-electron chi connectivity index (χ1n) is 9.58. The molecule has 0 aliphatic carbocycles. The summed E-state index contributed by atoms with van der Waals surface area (Å²) in [6.45, 7) is 4.87. The lowest BCUT2D eigenvalue weighted by molar-refractivity contribution is -0.131. The molecule has 158 valence electrons. The van der Waals surface area contributed by atoms with Crippen LogP contribution in [-0.4, -0.2) is 50.7 Å². The highest BCUT2D eigenvalue weighted by molar-refractivity contribution is 7.95. The van der Waals surface area contributed by atoms with Gasteiger partial charge in [-0.25, -0.2) is 13.9 Å². The first kappa shape index (κ1) is 21.8. The van der Waals surface area contributed by atoms with Gasteiger partial charge in [-0.05, 0) is 62.0 Å². The number of likely N-dealkylation sites (tertiary alicyclic amines) is 1. The summed E-state index contributed by atoms with van der Waals surface area (Å²) in [5, 5.41) is 10.8. The topological polar surface area (TPSA) is 95.9 Å². The molecule has 29 heavy (non-hydrogen) atoms. The quantitative estimate of drug-likeness (QED) is 0.486. The number of carbonyl (C=O) groups is 1. The molecule has 2 heterocycles. The molecule has 0 saturated carbocycles. The molecule has 1 saturated heterocycles. The number of carbonyl (C=O) groups excluding carboxylic acids is 1. The monoisotopic (exact) mass is 438 g/mol. The summed E-state index contributed by atoms with van der Waals surface area (Å²) in [5.74, 6) is -0.407. The number of nitrogens with one attached hydrogen (secondary N) is 1. The zero-order valence-corrected chi connectivity index (χ0v) is 18.0. The second-order valence-electron chi connectivity index (χ2n) is 7.18. The van der Waals surface area contributed by atoms with Crippen molar-refractivity contribution in [2.24, 2.45) is 0 Å². The van der Waals surface area contributed by atoms with Crippen LogP contribution < -0.4 is 10.2 Å². The van der Waals surface area contributed by atoms with E-state index in [0.29, 0.717) is 12.4 Å². The number of benzene rings is 1. The molecule has 2 aromatic rings. The molecule has 1 aliphatic rings. The highest BCUT2D eigenvalue weighted by Gasteiger charge is 2.49. The van der Waals surface area contributed by atoms with E-state index >= 15 is 0 Å². The molecule has 9 heteroatoms. The molecule has 1 aromatic carbocycles. The van der Waals surface area contributed by atoms with Gasteiger partial charge in [0.1, 0.15) is 16.6 Å². The lowest BCUT2D eigenvalue weighted by Gasteiger charge is -2.27. The van der Waals surface area contributed by atoms with Crippen LogP contribution in [0.15, 0.2) is 46.0 Å². The molecule has 0 spiro atoms. The predicted molar refractivity (Wildman–Crippen MR) is 111 cm³/mol. The Morgan fingerprint density at radius 3 is 2.48 bits per heavy atom. The molecule has 2 N–H and O–H groups in total. The molecule has 7 nitrogen and oxygen atoms in total. The Hall–Kier alpha value is -1.94. The third-order valence-electron chi connectivity index (χ3n) is 5.36. The van der Waals surface area contributed by atoms with Crippen LogP contribution in [0.25, 0.3) is 0 Å². The fourth-order valence-electron chi connectivity index (χ4n) is 3.48. The standard InChI is InChI=1S/C20H26N2O5S2/c1-20(19(23)21-24,29(25,26)18-6-5-15-28-18)16-7-9-17(10-8-16)27-14-13-22-11-3-2-4-12-22/h5-10,15,24H,2-4,11-14H2,1H3,(H,21,23). The van der Waals surface area contributed by atoms with Gasteiger partial charge >= 0.3 is 0 Å². The largest absolute Gasteiger partial charge is 0.492 e. The highest BCUT2D eigenvalue weighted by Crippen LogP contribution is 2.38. The van der Waals surface area contributed by atoms with E-state index in [9.17, 15) is 18.4 Å². The fourth-order valence-corrected chi connectivity index (χ4v) is 6.50. The third kappa shape index (κ3) is 4.48. The Morgan fingerprint density at radius 1 is 1.21 bits per heavy atom. The van der Waals surface area contributed by atoms with E-state index in [1.165, 1.54) is 37.7 Å². The van der Waals surface area contributed by atoms with Crippen molar-refractivity contribution in [1.82, 2.24) is 10.4 Å². The van der Waals surface area contributed by atoms with Crippen LogP contribution in [-0.2, 0) is 19.4 Å². The van der Waals surface area contributed by atoms with Crippen molar-refractivity contribution in [3.05, 3.63) is 47.3 Å². The Bertz CT molecular complexity index is 907. The fraction of sp³-hybridized carbons (Fsp3) is 0.450. The number of hydroxylamine groups is 1. The van der Waals surface area contributed by atoms with Gasteiger partial charge in [0, 0.05) is 6.54 Å². The van der Waals surface area contributed by atoms with Crippen molar-refractivity contribution >= 4 is 27.1 Å². The number of hydrogen-bond donors (Lipinski definition) is 2. The van der Waals surface area contributed by atoms with Crippen molar-refractivity contribution in [1.29, 1.82) is 0 Å². The van der Waals surface area contributed by atoms with E-state index in [1.54, 1.807) is 35.7 Å². The van der Waals surface area contributed by atoms with Gasteiger partial charge in [-0.1, -0.05) is 24.6 Å². The van der Waals surface area contributed by atoms with Crippen molar-refractivity contribution in [2.75, 3.05) is 26.2 Å². The Balaban J connectivity index is 1.76. The average Bonchev–Trinajstić information content (AvgIpc) is 3.29. The van der Waals surface area contributed by atoms with E-state index in [2.05, 4.69) is 4.90 Å². The van der Waals surface area contributed by atoms with Gasteiger partial charge in [-0.15, -0.1) is 11.3 Å². The normalized spacial score (nSPS) is 17.4. The first-order valence-corrected chi connectivity index (χ1v) is 11.9. The van der Waals surface area contributed by atoms with E-state index in [0.717, 1.165) is 31.0 Å². The van der Waals surface area contributed by atoms with Crippen molar-refractivity contribution in [3.63, 3.8) is 0 Å². The van der Waals surface area contributed by atoms with Crippen LogP contribution in [0.2, 0.25) is 0 Å². The molecule has 1 amide bonds. The smallest absolute Gasteiger partial charge is 0.269 e. The van der Waals surface area contributed by atoms with Crippen LogP contribution in [0, 0.1) is 0 Å². The van der Waals surface area contributed by atoms with Crippen molar-refractivity contribution < 1.29 is 23.2 Å². The number of ether oxygens (including phenoxy) is 1. The molecular weight excluding hydrogens is 412 g/mol. The Labute approximate surface area is 175 Å². The lowest BCUT2D eigenvalue weighted by Crippen LogP contribution is -2.46. The molecule has 3 rings (SSSR count). The number of amides is 1. The maximum Gasteiger partial charge on any atom is 0.269 e. The molecule has 1 aromatic heterocycles. The SMILES string of the molecule is CC(C(=O)NO)(c1ccc(OCCN2CCCCC2)cc1)S(=O)(=O)c1cccs1. The van der Waals surface area contributed by atoms with E-state index in [1.807, 2.05) is 0 Å².